The van der Waals surface area contributed by atoms with Crippen molar-refractivity contribution < 1.29 is 9.59 Å². The molecule has 1 aliphatic carbocycles. The van der Waals surface area contributed by atoms with E-state index >= 15 is 0 Å². The van der Waals surface area contributed by atoms with Crippen LogP contribution in [0.5, 0.6) is 0 Å². The van der Waals surface area contributed by atoms with Crippen molar-refractivity contribution in [3.63, 3.8) is 0 Å². The van der Waals surface area contributed by atoms with Crippen molar-refractivity contribution >= 4 is 35.4 Å². The van der Waals surface area contributed by atoms with Crippen LogP contribution in [0.1, 0.15) is 66.2 Å². The number of pyridine rings is 1. The second-order valence-corrected chi connectivity index (χ2v) is 8.58. The fourth-order valence-corrected chi connectivity index (χ4v) is 4.40. The highest BCUT2D eigenvalue weighted by atomic mass is 32.2. The van der Waals surface area contributed by atoms with Crippen molar-refractivity contribution in [3.8, 4) is 11.3 Å². The van der Waals surface area contributed by atoms with Crippen LogP contribution < -0.4 is 5.32 Å². The predicted molar refractivity (Wildman–Crippen MR) is 118 cm³/mol. The quantitative estimate of drug-likeness (QED) is 0.471. The average Bonchev–Trinajstić information content (AvgIpc) is 2.72. The lowest BCUT2D eigenvalue weighted by molar-refractivity contribution is 0.0923. The SMILES string of the molecule is CCCSc1nc(-c2ccc(C(=O)S)cc2)ccc1C(=O)NC1CCCCC1. The molecule has 1 aliphatic rings. The van der Waals surface area contributed by atoms with Gasteiger partial charge in [-0.25, -0.2) is 4.98 Å². The molecule has 4 nitrogen and oxygen atoms in total. The molecule has 0 unspecified atom stereocenters. The molecule has 0 bridgehead atoms. The first-order chi connectivity index (χ1) is 13.6. The number of hydrogen-bond donors (Lipinski definition) is 2. The lowest BCUT2D eigenvalue weighted by Gasteiger charge is -2.23. The van der Waals surface area contributed by atoms with E-state index in [4.69, 9.17) is 4.98 Å². The molecule has 6 heteroatoms. The summed E-state index contributed by atoms with van der Waals surface area (Å²) in [6, 6.07) is 11.2. The third-order valence-electron chi connectivity index (χ3n) is 4.92. The number of hydrogen-bond acceptors (Lipinski definition) is 4. The third-order valence-corrected chi connectivity index (χ3v) is 6.37. The molecule has 3 rings (SSSR count). The van der Waals surface area contributed by atoms with Crippen LogP contribution in [0.3, 0.4) is 0 Å². The Morgan fingerprint density at radius 3 is 2.46 bits per heavy atom. The van der Waals surface area contributed by atoms with Gasteiger partial charge in [0.2, 0.25) is 5.12 Å². The van der Waals surface area contributed by atoms with Gasteiger partial charge >= 0.3 is 0 Å². The van der Waals surface area contributed by atoms with Gasteiger partial charge in [-0.2, -0.15) is 0 Å². The van der Waals surface area contributed by atoms with Crippen molar-refractivity contribution in [2.75, 3.05) is 5.75 Å². The number of nitrogens with one attached hydrogen (secondary N) is 1. The fourth-order valence-electron chi connectivity index (χ4n) is 3.38. The van der Waals surface area contributed by atoms with Crippen LogP contribution >= 0.6 is 24.4 Å². The Morgan fingerprint density at radius 2 is 1.82 bits per heavy atom. The van der Waals surface area contributed by atoms with Crippen LogP contribution in [-0.2, 0) is 0 Å². The number of carbonyl (C=O) groups is 2. The Balaban J connectivity index is 1.84. The molecule has 0 spiro atoms. The molecule has 1 aromatic heterocycles. The number of carbonyl (C=O) groups excluding carboxylic acids is 2. The van der Waals surface area contributed by atoms with Crippen molar-refractivity contribution in [1.82, 2.24) is 10.3 Å². The van der Waals surface area contributed by atoms with Gasteiger partial charge in [0.15, 0.2) is 0 Å². The first-order valence-corrected chi connectivity index (χ1v) is 11.3. The van der Waals surface area contributed by atoms with E-state index in [1.54, 1.807) is 23.9 Å². The van der Waals surface area contributed by atoms with Crippen molar-refractivity contribution in [2.45, 2.75) is 56.5 Å². The molecule has 0 atom stereocenters. The summed E-state index contributed by atoms with van der Waals surface area (Å²) in [6.07, 6.45) is 6.77. The monoisotopic (exact) mass is 414 g/mol. The van der Waals surface area contributed by atoms with Crippen molar-refractivity contribution in [2.24, 2.45) is 0 Å². The van der Waals surface area contributed by atoms with E-state index in [0.717, 1.165) is 41.3 Å². The first kappa shape index (κ1) is 20.9. The van der Waals surface area contributed by atoms with Gasteiger partial charge in [0.25, 0.3) is 5.91 Å². The van der Waals surface area contributed by atoms with Crippen LogP contribution in [0.15, 0.2) is 41.4 Å². The van der Waals surface area contributed by atoms with E-state index in [1.807, 2.05) is 24.3 Å². The summed E-state index contributed by atoms with van der Waals surface area (Å²) in [7, 11) is 0. The van der Waals surface area contributed by atoms with E-state index in [1.165, 1.54) is 19.3 Å². The normalized spacial score (nSPS) is 14.6. The Morgan fingerprint density at radius 1 is 1.11 bits per heavy atom. The van der Waals surface area contributed by atoms with E-state index in [9.17, 15) is 9.59 Å². The van der Waals surface area contributed by atoms with Crippen LogP contribution in [0, 0.1) is 0 Å². The third kappa shape index (κ3) is 5.39. The number of benzene rings is 1. The highest BCUT2D eigenvalue weighted by Crippen LogP contribution is 2.27. The molecule has 0 radical (unpaired) electrons. The minimum atomic E-state index is -0.256. The molecule has 1 aromatic carbocycles. The average molecular weight is 415 g/mol. The van der Waals surface area contributed by atoms with Crippen molar-refractivity contribution in [1.29, 1.82) is 0 Å². The van der Waals surface area contributed by atoms with Gasteiger partial charge in [0.1, 0.15) is 5.03 Å². The zero-order chi connectivity index (χ0) is 19.9. The summed E-state index contributed by atoms with van der Waals surface area (Å²) in [4.78, 5) is 29.0. The Bertz CT molecular complexity index is 831. The molecule has 0 saturated heterocycles. The maximum atomic E-state index is 12.9. The van der Waals surface area contributed by atoms with Gasteiger partial charge in [-0.1, -0.05) is 38.3 Å². The number of thiol groups is 1. The largest absolute Gasteiger partial charge is 0.349 e. The summed E-state index contributed by atoms with van der Waals surface area (Å²) in [5, 5.41) is 3.70. The zero-order valence-electron chi connectivity index (χ0n) is 16.1. The summed E-state index contributed by atoms with van der Waals surface area (Å²) >= 11 is 5.47. The van der Waals surface area contributed by atoms with Gasteiger partial charge in [-0.3, -0.25) is 9.59 Å². The molecule has 1 fully saturated rings. The summed E-state index contributed by atoms with van der Waals surface area (Å²) in [5.41, 5.74) is 2.91. The lowest BCUT2D eigenvalue weighted by atomic mass is 9.95. The maximum Gasteiger partial charge on any atom is 0.254 e. The summed E-state index contributed by atoms with van der Waals surface area (Å²) in [5.74, 6) is 0.883. The zero-order valence-corrected chi connectivity index (χ0v) is 17.8. The van der Waals surface area contributed by atoms with Crippen LogP contribution in [-0.4, -0.2) is 27.8 Å². The predicted octanol–water partition coefficient (Wildman–Crippen LogP) is 5.38. The molecule has 2 aromatic rings. The molecule has 1 saturated carbocycles. The molecule has 0 aliphatic heterocycles. The first-order valence-electron chi connectivity index (χ1n) is 9.87. The van der Waals surface area contributed by atoms with Gasteiger partial charge in [0, 0.05) is 17.2 Å². The lowest BCUT2D eigenvalue weighted by Crippen LogP contribution is -2.36. The molecular weight excluding hydrogens is 388 g/mol. The second kappa shape index (κ2) is 10.1. The van der Waals surface area contributed by atoms with E-state index < -0.39 is 0 Å². The second-order valence-electron chi connectivity index (χ2n) is 7.09. The Kier molecular flexibility index (Phi) is 7.57. The molecule has 1 heterocycles. The standard InChI is InChI=1S/C22H26N2O2S2/c1-2-14-28-21-18(20(25)23-17-6-4-3-5-7-17)12-13-19(24-21)15-8-10-16(11-9-15)22(26)27/h8-13,17H,2-7,14H2,1H3,(H,23,25)(H,26,27). The number of amides is 1. The van der Waals surface area contributed by atoms with Gasteiger partial charge in [-0.15, -0.1) is 24.4 Å². The minimum Gasteiger partial charge on any atom is -0.349 e. The van der Waals surface area contributed by atoms with Crippen LogP contribution in [0.25, 0.3) is 11.3 Å². The molecule has 148 valence electrons. The van der Waals surface area contributed by atoms with Crippen molar-refractivity contribution in [3.05, 3.63) is 47.5 Å². The van der Waals surface area contributed by atoms with Crippen LogP contribution in [0.2, 0.25) is 0 Å². The highest BCUT2D eigenvalue weighted by Gasteiger charge is 2.20. The van der Waals surface area contributed by atoms with E-state index in [2.05, 4.69) is 24.9 Å². The molecular formula is C22H26N2O2S2. The number of aromatic nitrogens is 1. The summed E-state index contributed by atoms with van der Waals surface area (Å²) in [6.45, 7) is 2.12. The Labute approximate surface area is 176 Å². The number of thioether (sulfide) groups is 1. The maximum absolute atomic E-state index is 12.9. The van der Waals surface area contributed by atoms with E-state index in [0.29, 0.717) is 11.1 Å². The topological polar surface area (TPSA) is 59.1 Å². The van der Waals surface area contributed by atoms with Crippen LogP contribution in [0.4, 0.5) is 0 Å². The fraction of sp³-hybridized carbons (Fsp3) is 0.409. The van der Waals surface area contributed by atoms with Gasteiger partial charge in [-0.05, 0) is 49.3 Å². The smallest absolute Gasteiger partial charge is 0.254 e. The van der Waals surface area contributed by atoms with Gasteiger partial charge in [0.05, 0.1) is 11.3 Å². The molecule has 1 amide bonds. The highest BCUT2D eigenvalue weighted by molar-refractivity contribution is 7.99. The Hall–Kier alpha value is -1.79. The molecule has 1 N–H and O–H groups in total. The van der Waals surface area contributed by atoms with Gasteiger partial charge < -0.3 is 5.32 Å². The summed E-state index contributed by atoms with van der Waals surface area (Å²) < 4.78 is 0. The molecule has 28 heavy (non-hydrogen) atoms. The number of nitrogens with zero attached hydrogens (tertiary/aromatic N) is 1. The number of rotatable bonds is 7. The minimum absolute atomic E-state index is 0.0272. The van der Waals surface area contributed by atoms with E-state index in [-0.39, 0.29) is 17.1 Å².